The molecule has 0 amide bonds. The maximum Gasteiger partial charge on any atom is 0.162 e. The lowest BCUT2D eigenvalue weighted by Gasteiger charge is -2.10. The Morgan fingerprint density at radius 2 is 1.83 bits per heavy atom. The van der Waals surface area contributed by atoms with Crippen LogP contribution in [-0.4, -0.2) is 24.2 Å². The van der Waals surface area contributed by atoms with Gasteiger partial charge in [-0.2, -0.15) is 0 Å². The van der Waals surface area contributed by atoms with Gasteiger partial charge in [-0.25, -0.2) is 9.97 Å². The van der Waals surface area contributed by atoms with Crippen molar-refractivity contribution < 1.29 is 9.47 Å². The summed E-state index contributed by atoms with van der Waals surface area (Å²) in [5.41, 5.74) is 0.822. The zero-order valence-electron chi connectivity index (χ0n) is 9.98. The van der Waals surface area contributed by atoms with Gasteiger partial charge in [0.05, 0.1) is 14.2 Å². The van der Waals surface area contributed by atoms with E-state index in [-0.39, 0.29) is 0 Å². The number of ether oxygens (including phenoxy) is 2. The largest absolute Gasteiger partial charge is 0.493 e. The van der Waals surface area contributed by atoms with E-state index >= 15 is 0 Å². The van der Waals surface area contributed by atoms with Gasteiger partial charge in [0.2, 0.25) is 0 Å². The molecule has 0 saturated heterocycles. The first-order valence-electron chi connectivity index (χ1n) is 5.19. The number of hydrogen-bond donors (Lipinski definition) is 1. The third-order valence-corrected chi connectivity index (χ3v) is 2.50. The molecule has 1 aromatic heterocycles. The van der Waals surface area contributed by atoms with E-state index in [1.807, 2.05) is 18.2 Å². The quantitative estimate of drug-likeness (QED) is 0.862. The molecule has 0 unspecified atom stereocenters. The zero-order chi connectivity index (χ0) is 13.0. The summed E-state index contributed by atoms with van der Waals surface area (Å²) in [6.07, 6.45) is 1.39. The predicted molar refractivity (Wildman–Crippen MR) is 69.9 cm³/mol. The van der Waals surface area contributed by atoms with Crippen LogP contribution in [0.1, 0.15) is 0 Å². The van der Waals surface area contributed by atoms with Gasteiger partial charge in [-0.15, -0.1) is 0 Å². The minimum atomic E-state index is 0.382. The monoisotopic (exact) mass is 265 g/mol. The summed E-state index contributed by atoms with van der Waals surface area (Å²) in [5, 5.41) is 3.48. The first kappa shape index (κ1) is 12.4. The van der Waals surface area contributed by atoms with Gasteiger partial charge in [0.1, 0.15) is 17.3 Å². The third-order valence-electron chi connectivity index (χ3n) is 2.29. The third kappa shape index (κ3) is 2.81. The Morgan fingerprint density at radius 3 is 2.50 bits per heavy atom. The molecule has 0 bridgehead atoms. The van der Waals surface area contributed by atoms with Gasteiger partial charge in [-0.05, 0) is 12.1 Å². The van der Waals surface area contributed by atoms with Gasteiger partial charge in [0.25, 0.3) is 0 Å². The molecule has 1 heterocycles. The van der Waals surface area contributed by atoms with Gasteiger partial charge in [0, 0.05) is 17.8 Å². The average molecular weight is 266 g/mol. The highest BCUT2D eigenvalue weighted by atomic mass is 35.5. The lowest BCUT2D eigenvalue weighted by Crippen LogP contribution is -1.96. The van der Waals surface area contributed by atoms with Crippen molar-refractivity contribution in [2.75, 3.05) is 19.5 Å². The van der Waals surface area contributed by atoms with E-state index < -0.39 is 0 Å². The summed E-state index contributed by atoms with van der Waals surface area (Å²) in [6, 6.07) is 7.12. The van der Waals surface area contributed by atoms with Crippen LogP contribution in [0.5, 0.6) is 11.5 Å². The molecule has 18 heavy (non-hydrogen) atoms. The molecular formula is C12H12ClN3O2. The molecule has 0 aliphatic carbocycles. The SMILES string of the molecule is COc1ccc(Nc2cc(Cl)ncn2)cc1OC. The van der Waals surface area contributed by atoms with E-state index in [4.69, 9.17) is 21.1 Å². The topological polar surface area (TPSA) is 56.3 Å². The van der Waals surface area contributed by atoms with Crippen LogP contribution in [0.2, 0.25) is 5.15 Å². The second kappa shape index (κ2) is 5.55. The van der Waals surface area contributed by atoms with Gasteiger partial charge in [0.15, 0.2) is 11.5 Å². The minimum Gasteiger partial charge on any atom is -0.493 e. The van der Waals surface area contributed by atoms with Crippen molar-refractivity contribution in [3.05, 3.63) is 35.7 Å². The smallest absolute Gasteiger partial charge is 0.162 e. The number of methoxy groups -OCH3 is 2. The number of nitrogens with one attached hydrogen (secondary N) is 1. The molecule has 0 fully saturated rings. The number of nitrogens with zero attached hydrogens (tertiary/aromatic N) is 2. The number of hydrogen-bond acceptors (Lipinski definition) is 5. The summed E-state index contributed by atoms with van der Waals surface area (Å²) in [4.78, 5) is 7.87. The lowest BCUT2D eigenvalue weighted by molar-refractivity contribution is 0.355. The standard InChI is InChI=1S/C12H12ClN3O2/c1-17-9-4-3-8(5-10(9)18-2)16-12-6-11(13)14-7-15-12/h3-7H,1-2H3,(H,14,15,16). The summed E-state index contributed by atoms with van der Waals surface area (Å²) in [5.74, 6) is 1.92. The van der Waals surface area contributed by atoms with E-state index in [0.717, 1.165) is 5.69 Å². The second-order valence-electron chi connectivity index (χ2n) is 3.42. The van der Waals surface area contributed by atoms with Crippen molar-refractivity contribution in [3.8, 4) is 11.5 Å². The summed E-state index contributed by atoms with van der Waals surface area (Å²) < 4.78 is 10.4. The van der Waals surface area contributed by atoms with Gasteiger partial charge < -0.3 is 14.8 Å². The molecular weight excluding hydrogens is 254 g/mol. The fraction of sp³-hybridized carbons (Fsp3) is 0.167. The Hall–Kier alpha value is -2.01. The van der Waals surface area contributed by atoms with Crippen molar-refractivity contribution in [2.24, 2.45) is 0 Å². The zero-order valence-corrected chi connectivity index (χ0v) is 10.7. The molecule has 1 N–H and O–H groups in total. The Labute approximate surface area is 110 Å². The molecule has 94 valence electrons. The molecule has 0 aliphatic rings. The summed E-state index contributed by atoms with van der Waals surface area (Å²) in [6.45, 7) is 0. The predicted octanol–water partition coefficient (Wildman–Crippen LogP) is 2.89. The highest BCUT2D eigenvalue weighted by Crippen LogP contribution is 2.30. The number of anilines is 2. The minimum absolute atomic E-state index is 0.382. The van der Waals surface area contributed by atoms with E-state index in [2.05, 4.69) is 15.3 Å². The van der Waals surface area contributed by atoms with Crippen LogP contribution >= 0.6 is 11.6 Å². The van der Waals surface area contributed by atoms with Crippen LogP contribution in [0.15, 0.2) is 30.6 Å². The van der Waals surface area contributed by atoms with E-state index in [1.54, 1.807) is 20.3 Å². The molecule has 2 rings (SSSR count). The Bertz CT molecular complexity index is 549. The average Bonchev–Trinajstić information content (AvgIpc) is 2.38. The summed E-state index contributed by atoms with van der Waals surface area (Å²) in [7, 11) is 3.18. The fourth-order valence-electron chi connectivity index (χ4n) is 1.46. The second-order valence-corrected chi connectivity index (χ2v) is 3.81. The van der Waals surface area contributed by atoms with Crippen LogP contribution in [0, 0.1) is 0 Å². The van der Waals surface area contributed by atoms with Crippen molar-refractivity contribution >= 4 is 23.1 Å². The molecule has 1 aromatic carbocycles. The Kier molecular flexibility index (Phi) is 3.84. The van der Waals surface area contributed by atoms with Crippen molar-refractivity contribution in [1.29, 1.82) is 0 Å². The molecule has 6 heteroatoms. The molecule has 0 atom stereocenters. The number of aromatic nitrogens is 2. The van der Waals surface area contributed by atoms with E-state index in [0.29, 0.717) is 22.5 Å². The van der Waals surface area contributed by atoms with E-state index in [1.165, 1.54) is 6.33 Å². The highest BCUT2D eigenvalue weighted by Gasteiger charge is 2.05. The maximum absolute atomic E-state index is 5.78. The lowest BCUT2D eigenvalue weighted by atomic mass is 10.2. The molecule has 5 nitrogen and oxygen atoms in total. The van der Waals surface area contributed by atoms with Crippen LogP contribution in [-0.2, 0) is 0 Å². The highest BCUT2D eigenvalue weighted by molar-refractivity contribution is 6.29. The van der Waals surface area contributed by atoms with Crippen molar-refractivity contribution in [3.63, 3.8) is 0 Å². The number of rotatable bonds is 4. The normalized spacial score (nSPS) is 9.94. The summed E-state index contributed by atoms with van der Waals surface area (Å²) >= 11 is 5.78. The van der Waals surface area contributed by atoms with E-state index in [9.17, 15) is 0 Å². The fourth-order valence-corrected chi connectivity index (χ4v) is 1.61. The first-order valence-corrected chi connectivity index (χ1v) is 5.57. The maximum atomic E-state index is 5.78. The van der Waals surface area contributed by atoms with Crippen LogP contribution in [0.4, 0.5) is 11.5 Å². The van der Waals surface area contributed by atoms with Gasteiger partial charge in [-0.1, -0.05) is 11.6 Å². The number of halogens is 1. The number of benzene rings is 1. The first-order chi connectivity index (χ1) is 8.72. The van der Waals surface area contributed by atoms with Gasteiger partial charge >= 0.3 is 0 Å². The van der Waals surface area contributed by atoms with Crippen LogP contribution in [0.3, 0.4) is 0 Å². The van der Waals surface area contributed by atoms with Crippen molar-refractivity contribution in [1.82, 2.24) is 9.97 Å². The Balaban J connectivity index is 2.24. The van der Waals surface area contributed by atoms with Crippen LogP contribution < -0.4 is 14.8 Å². The molecule has 2 aromatic rings. The molecule has 0 saturated carbocycles. The van der Waals surface area contributed by atoms with Crippen molar-refractivity contribution in [2.45, 2.75) is 0 Å². The van der Waals surface area contributed by atoms with Gasteiger partial charge in [-0.3, -0.25) is 0 Å². The molecule has 0 spiro atoms. The Morgan fingerprint density at radius 1 is 1.06 bits per heavy atom. The van der Waals surface area contributed by atoms with Crippen LogP contribution in [0.25, 0.3) is 0 Å². The molecule has 0 radical (unpaired) electrons. The molecule has 0 aliphatic heterocycles.